The zero-order chi connectivity index (χ0) is 20.3. The minimum Gasteiger partial charge on any atom is -0.463 e. The Balaban J connectivity index is 1.78. The van der Waals surface area contributed by atoms with E-state index < -0.39 is 17.8 Å². The van der Waals surface area contributed by atoms with Crippen molar-refractivity contribution in [2.75, 3.05) is 11.1 Å². The smallest absolute Gasteiger partial charge is 0.433 e. The first-order chi connectivity index (χ1) is 13.2. The van der Waals surface area contributed by atoms with E-state index in [2.05, 4.69) is 15.3 Å². The predicted octanol–water partition coefficient (Wildman–Crippen LogP) is 5.79. The second-order valence-electron chi connectivity index (χ2n) is 5.33. The van der Waals surface area contributed by atoms with Crippen molar-refractivity contribution in [3.05, 3.63) is 58.4 Å². The number of thioether (sulfide) groups is 1. The van der Waals surface area contributed by atoms with Gasteiger partial charge in [-0.1, -0.05) is 41.0 Å². The summed E-state index contributed by atoms with van der Waals surface area (Å²) in [6, 6.07) is 8.49. The van der Waals surface area contributed by atoms with Crippen molar-refractivity contribution in [1.82, 2.24) is 9.97 Å². The van der Waals surface area contributed by atoms with Crippen LogP contribution in [-0.4, -0.2) is 21.6 Å². The molecule has 3 rings (SSSR count). The van der Waals surface area contributed by atoms with E-state index in [0.29, 0.717) is 0 Å². The lowest BCUT2D eigenvalue weighted by molar-refractivity contribution is -0.141. The molecular weight excluding hydrogens is 438 g/mol. The Hall–Kier alpha value is -2.23. The summed E-state index contributed by atoms with van der Waals surface area (Å²) in [7, 11) is 0. The summed E-state index contributed by atoms with van der Waals surface area (Å²) in [6.45, 7) is 0. The second-order valence-corrected chi connectivity index (χ2v) is 7.09. The van der Waals surface area contributed by atoms with Crippen molar-refractivity contribution < 1.29 is 22.4 Å². The number of halogens is 5. The van der Waals surface area contributed by atoms with E-state index in [4.69, 9.17) is 27.6 Å². The number of furan rings is 1. The number of carbonyl (C=O) groups excluding carboxylic acids is 1. The van der Waals surface area contributed by atoms with E-state index in [1.165, 1.54) is 18.4 Å². The molecule has 2 heterocycles. The normalized spacial score (nSPS) is 11.5. The maximum atomic E-state index is 13.1. The molecule has 0 fully saturated rings. The molecule has 1 amide bonds. The zero-order valence-corrected chi connectivity index (χ0v) is 16.1. The number of nitrogens with one attached hydrogen (secondary N) is 1. The lowest BCUT2D eigenvalue weighted by Gasteiger charge is -2.10. The number of hydrogen-bond donors (Lipinski definition) is 1. The molecule has 28 heavy (non-hydrogen) atoms. The molecule has 0 aliphatic rings. The van der Waals surface area contributed by atoms with Crippen LogP contribution < -0.4 is 5.32 Å². The third-order valence-electron chi connectivity index (χ3n) is 3.33. The number of amides is 1. The van der Waals surface area contributed by atoms with Crippen LogP contribution in [0.4, 0.5) is 18.9 Å². The average Bonchev–Trinajstić information content (AvgIpc) is 3.17. The van der Waals surface area contributed by atoms with Gasteiger partial charge >= 0.3 is 6.18 Å². The van der Waals surface area contributed by atoms with Gasteiger partial charge in [-0.05, 0) is 30.3 Å². The fourth-order valence-corrected chi connectivity index (χ4v) is 3.26. The van der Waals surface area contributed by atoms with Crippen LogP contribution in [0.3, 0.4) is 0 Å². The van der Waals surface area contributed by atoms with Crippen LogP contribution in [0, 0.1) is 0 Å². The van der Waals surface area contributed by atoms with Crippen LogP contribution in [0.5, 0.6) is 0 Å². The standard InChI is InChI=1S/C17H10Cl2F3N3O2S/c18-9-3-1-4-10(19)15(9)25-14(26)8-28-16-23-11(12-5-2-6-27-12)7-13(24-16)17(20,21)22/h1-7H,8H2,(H,25,26). The lowest BCUT2D eigenvalue weighted by atomic mass is 10.2. The Morgan fingerprint density at radius 3 is 2.46 bits per heavy atom. The Bertz CT molecular complexity index is 978. The third kappa shape index (κ3) is 4.98. The largest absolute Gasteiger partial charge is 0.463 e. The molecule has 0 atom stereocenters. The first kappa shape index (κ1) is 20.5. The number of aromatic nitrogens is 2. The predicted molar refractivity (Wildman–Crippen MR) is 101 cm³/mol. The van der Waals surface area contributed by atoms with E-state index >= 15 is 0 Å². The van der Waals surface area contributed by atoms with Crippen molar-refractivity contribution in [2.24, 2.45) is 0 Å². The van der Waals surface area contributed by atoms with Crippen LogP contribution in [0.25, 0.3) is 11.5 Å². The van der Waals surface area contributed by atoms with E-state index in [0.717, 1.165) is 17.8 Å². The summed E-state index contributed by atoms with van der Waals surface area (Å²) in [5.74, 6) is -0.622. The molecule has 0 bridgehead atoms. The van der Waals surface area contributed by atoms with Crippen LogP contribution >= 0.6 is 35.0 Å². The van der Waals surface area contributed by atoms with Crippen LogP contribution in [0.2, 0.25) is 10.0 Å². The molecule has 3 aromatic rings. The third-order valence-corrected chi connectivity index (χ3v) is 4.81. The van der Waals surface area contributed by atoms with Gasteiger partial charge in [0.05, 0.1) is 27.7 Å². The van der Waals surface area contributed by atoms with Gasteiger partial charge in [-0.3, -0.25) is 4.79 Å². The lowest BCUT2D eigenvalue weighted by Crippen LogP contribution is -2.15. The van der Waals surface area contributed by atoms with Gasteiger partial charge in [-0.2, -0.15) is 13.2 Å². The molecule has 0 spiro atoms. The summed E-state index contributed by atoms with van der Waals surface area (Å²) < 4.78 is 44.5. The molecule has 1 N–H and O–H groups in total. The number of nitrogens with zero attached hydrogens (tertiary/aromatic N) is 2. The summed E-state index contributed by atoms with van der Waals surface area (Å²) in [5, 5.41) is 2.77. The Kier molecular flexibility index (Phi) is 6.17. The van der Waals surface area contributed by atoms with Crippen molar-refractivity contribution in [2.45, 2.75) is 11.3 Å². The van der Waals surface area contributed by atoms with Gasteiger partial charge in [0.15, 0.2) is 10.9 Å². The summed E-state index contributed by atoms with van der Waals surface area (Å²) >= 11 is 12.7. The number of alkyl halides is 3. The van der Waals surface area contributed by atoms with E-state index in [9.17, 15) is 18.0 Å². The molecule has 0 saturated heterocycles. The summed E-state index contributed by atoms with van der Waals surface area (Å²) in [6.07, 6.45) is -3.36. The molecule has 1 aromatic carbocycles. The molecule has 5 nitrogen and oxygen atoms in total. The minimum atomic E-state index is -4.67. The fourth-order valence-electron chi connectivity index (χ4n) is 2.11. The van der Waals surface area contributed by atoms with E-state index in [1.807, 2.05) is 0 Å². The van der Waals surface area contributed by atoms with Crippen molar-refractivity contribution >= 4 is 46.6 Å². The number of hydrogen-bond acceptors (Lipinski definition) is 5. The van der Waals surface area contributed by atoms with Gasteiger partial charge in [0, 0.05) is 0 Å². The Labute approximate surface area is 171 Å². The van der Waals surface area contributed by atoms with Crippen molar-refractivity contribution in [3.63, 3.8) is 0 Å². The molecule has 0 aliphatic heterocycles. The first-order valence-corrected chi connectivity index (χ1v) is 9.35. The molecule has 2 aromatic heterocycles. The highest BCUT2D eigenvalue weighted by Crippen LogP contribution is 2.33. The number of benzene rings is 1. The van der Waals surface area contributed by atoms with Gasteiger partial charge in [-0.15, -0.1) is 0 Å². The number of anilines is 1. The van der Waals surface area contributed by atoms with E-state index in [-0.39, 0.29) is 38.1 Å². The molecule has 0 aliphatic carbocycles. The van der Waals surface area contributed by atoms with Crippen LogP contribution in [0.15, 0.2) is 52.2 Å². The maximum absolute atomic E-state index is 13.1. The van der Waals surface area contributed by atoms with Gasteiger partial charge in [-0.25, -0.2) is 9.97 Å². The second kappa shape index (κ2) is 8.42. The molecule has 0 saturated carbocycles. The molecular formula is C17H10Cl2F3N3O2S. The fraction of sp³-hybridized carbons (Fsp3) is 0.118. The molecule has 0 unspecified atom stereocenters. The maximum Gasteiger partial charge on any atom is 0.433 e. The van der Waals surface area contributed by atoms with Crippen LogP contribution in [-0.2, 0) is 11.0 Å². The molecule has 0 radical (unpaired) electrons. The zero-order valence-electron chi connectivity index (χ0n) is 13.8. The molecule has 146 valence electrons. The highest BCUT2D eigenvalue weighted by atomic mass is 35.5. The van der Waals surface area contributed by atoms with Gasteiger partial charge in [0.2, 0.25) is 5.91 Å². The number of para-hydroxylation sites is 1. The van der Waals surface area contributed by atoms with Gasteiger partial charge < -0.3 is 9.73 Å². The first-order valence-electron chi connectivity index (χ1n) is 7.61. The Morgan fingerprint density at radius 1 is 1.14 bits per heavy atom. The monoisotopic (exact) mass is 447 g/mol. The van der Waals surface area contributed by atoms with Crippen LogP contribution in [0.1, 0.15) is 5.69 Å². The molecule has 11 heteroatoms. The minimum absolute atomic E-state index is 0.0376. The van der Waals surface area contributed by atoms with E-state index in [1.54, 1.807) is 18.2 Å². The SMILES string of the molecule is O=C(CSc1nc(-c2ccco2)cc(C(F)(F)F)n1)Nc1c(Cl)cccc1Cl. The highest BCUT2D eigenvalue weighted by molar-refractivity contribution is 7.99. The Morgan fingerprint density at radius 2 is 1.86 bits per heavy atom. The van der Waals surface area contributed by atoms with Crippen molar-refractivity contribution in [3.8, 4) is 11.5 Å². The number of rotatable bonds is 5. The topological polar surface area (TPSA) is 68.0 Å². The summed E-state index contributed by atoms with van der Waals surface area (Å²) in [5.41, 5.74) is -0.951. The highest BCUT2D eigenvalue weighted by Gasteiger charge is 2.34. The van der Waals surface area contributed by atoms with Gasteiger partial charge in [0.1, 0.15) is 11.4 Å². The van der Waals surface area contributed by atoms with Crippen molar-refractivity contribution in [1.29, 1.82) is 0 Å². The number of carbonyl (C=O) groups is 1. The quantitative estimate of drug-likeness (QED) is 0.395. The van der Waals surface area contributed by atoms with Gasteiger partial charge in [0.25, 0.3) is 0 Å². The summed E-state index contributed by atoms with van der Waals surface area (Å²) in [4.78, 5) is 19.7. The average molecular weight is 448 g/mol.